The summed E-state index contributed by atoms with van der Waals surface area (Å²) in [4.78, 5) is 11.5. The minimum absolute atomic E-state index is 0.149. The molecule has 0 aliphatic carbocycles. The van der Waals surface area contributed by atoms with Crippen LogP contribution in [0.15, 0.2) is 36.9 Å². The van der Waals surface area contributed by atoms with Crippen molar-refractivity contribution in [1.29, 1.82) is 5.26 Å². The van der Waals surface area contributed by atoms with Crippen molar-refractivity contribution in [3.8, 4) is 11.8 Å². The van der Waals surface area contributed by atoms with Gasteiger partial charge < -0.3 is 10.1 Å². The van der Waals surface area contributed by atoms with Gasteiger partial charge in [-0.2, -0.15) is 5.26 Å². The van der Waals surface area contributed by atoms with E-state index < -0.39 is 5.92 Å². The van der Waals surface area contributed by atoms with Gasteiger partial charge in [0.15, 0.2) is 0 Å². The van der Waals surface area contributed by atoms with Crippen LogP contribution in [-0.2, 0) is 4.79 Å². The van der Waals surface area contributed by atoms with Crippen LogP contribution in [0.2, 0.25) is 0 Å². The van der Waals surface area contributed by atoms with Gasteiger partial charge >= 0.3 is 0 Å². The smallest absolute Gasteiger partial charge is 0.221 e. The molecule has 1 rings (SSSR count). The lowest BCUT2D eigenvalue weighted by molar-refractivity contribution is -0.121. The van der Waals surface area contributed by atoms with Gasteiger partial charge in [-0.1, -0.05) is 18.2 Å². The zero-order valence-corrected chi connectivity index (χ0v) is 10.3. The summed E-state index contributed by atoms with van der Waals surface area (Å²) in [5.41, 5.74) is 0.812. The highest BCUT2D eigenvalue weighted by Crippen LogP contribution is 2.21. The standard InChI is InChI=1S/C14H16N2O2/c1-3-8-16-14(17)9-12(10-15)11-4-6-13(18-2)7-5-11/h3-7,12H,1,8-9H2,2H3,(H,16,17). The Labute approximate surface area is 107 Å². The monoisotopic (exact) mass is 244 g/mol. The normalized spacial score (nSPS) is 11.1. The topological polar surface area (TPSA) is 62.1 Å². The molecule has 0 aromatic heterocycles. The molecule has 18 heavy (non-hydrogen) atoms. The first-order chi connectivity index (χ1) is 8.71. The molecule has 0 aliphatic rings. The number of carbonyl (C=O) groups excluding carboxylic acids is 1. The van der Waals surface area contributed by atoms with Crippen LogP contribution in [0.5, 0.6) is 5.75 Å². The highest BCUT2D eigenvalue weighted by molar-refractivity contribution is 5.77. The minimum Gasteiger partial charge on any atom is -0.497 e. The van der Waals surface area contributed by atoms with E-state index in [0.29, 0.717) is 6.54 Å². The van der Waals surface area contributed by atoms with E-state index in [4.69, 9.17) is 10.00 Å². The van der Waals surface area contributed by atoms with Crippen molar-refractivity contribution >= 4 is 5.91 Å². The number of carbonyl (C=O) groups is 1. The van der Waals surface area contributed by atoms with E-state index in [1.807, 2.05) is 0 Å². The number of rotatable bonds is 6. The molecule has 0 fully saturated rings. The molecule has 0 aliphatic heterocycles. The maximum atomic E-state index is 11.5. The molecule has 4 heteroatoms. The number of methoxy groups -OCH3 is 1. The Morgan fingerprint density at radius 2 is 2.22 bits per heavy atom. The average molecular weight is 244 g/mol. The van der Waals surface area contributed by atoms with E-state index in [9.17, 15) is 4.79 Å². The zero-order chi connectivity index (χ0) is 13.4. The lowest BCUT2D eigenvalue weighted by atomic mass is 9.97. The van der Waals surface area contributed by atoms with Gasteiger partial charge in [-0.3, -0.25) is 4.79 Å². The summed E-state index contributed by atoms with van der Waals surface area (Å²) in [6.07, 6.45) is 1.75. The molecule has 1 N–H and O–H groups in total. The summed E-state index contributed by atoms with van der Waals surface area (Å²) in [6, 6.07) is 9.29. The fraction of sp³-hybridized carbons (Fsp3) is 0.286. The van der Waals surface area contributed by atoms with Crippen LogP contribution in [0.4, 0.5) is 0 Å². The van der Waals surface area contributed by atoms with Crippen molar-refractivity contribution < 1.29 is 9.53 Å². The van der Waals surface area contributed by atoms with Gasteiger partial charge in [0, 0.05) is 13.0 Å². The largest absolute Gasteiger partial charge is 0.497 e. The fourth-order valence-corrected chi connectivity index (χ4v) is 1.52. The summed E-state index contributed by atoms with van der Waals surface area (Å²) in [5, 5.41) is 11.8. The number of hydrogen-bond acceptors (Lipinski definition) is 3. The molecular formula is C14H16N2O2. The van der Waals surface area contributed by atoms with Crippen molar-refractivity contribution in [2.24, 2.45) is 0 Å². The number of amides is 1. The number of nitrogens with one attached hydrogen (secondary N) is 1. The van der Waals surface area contributed by atoms with Crippen molar-refractivity contribution in [3.63, 3.8) is 0 Å². The maximum Gasteiger partial charge on any atom is 0.221 e. The third-order valence-electron chi connectivity index (χ3n) is 2.51. The molecule has 1 atom stereocenters. The Hall–Kier alpha value is -2.28. The van der Waals surface area contributed by atoms with E-state index in [2.05, 4.69) is 18.0 Å². The Kier molecular flexibility index (Phi) is 5.46. The Bertz CT molecular complexity index is 446. The first-order valence-corrected chi connectivity index (χ1v) is 5.62. The summed E-state index contributed by atoms with van der Waals surface area (Å²) in [5.74, 6) is 0.129. The lowest BCUT2D eigenvalue weighted by Crippen LogP contribution is -2.24. The maximum absolute atomic E-state index is 11.5. The van der Waals surface area contributed by atoms with Gasteiger partial charge in [0.1, 0.15) is 5.75 Å². The summed E-state index contributed by atoms with van der Waals surface area (Å²) in [6.45, 7) is 3.93. The molecule has 4 nitrogen and oxygen atoms in total. The van der Waals surface area contributed by atoms with Crippen LogP contribution in [0, 0.1) is 11.3 Å². The SMILES string of the molecule is C=CCNC(=O)CC(C#N)c1ccc(OC)cc1. The molecule has 94 valence electrons. The Morgan fingerprint density at radius 3 is 2.72 bits per heavy atom. The van der Waals surface area contributed by atoms with Gasteiger partial charge in [0.05, 0.1) is 19.1 Å². The zero-order valence-electron chi connectivity index (χ0n) is 10.3. The molecule has 0 saturated carbocycles. The van der Waals surface area contributed by atoms with E-state index in [1.165, 1.54) is 0 Å². The van der Waals surface area contributed by atoms with E-state index >= 15 is 0 Å². The molecule has 0 radical (unpaired) electrons. The summed E-state index contributed by atoms with van der Waals surface area (Å²) >= 11 is 0. The van der Waals surface area contributed by atoms with Gasteiger partial charge in [-0.05, 0) is 17.7 Å². The van der Waals surface area contributed by atoms with Crippen LogP contribution >= 0.6 is 0 Å². The van der Waals surface area contributed by atoms with Crippen molar-refractivity contribution in [2.45, 2.75) is 12.3 Å². The van der Waals surface area contributed by atoms with Crippen LogP contribution in [0.3, 0.4) is 0 Å². The average Bonchev–Trinajstić information content (AvgIpc) is 2.42. The predicted molar refractivity (Wildman–Crippen MR) is 69.2 cm³/mol. The van der Waals surface area contributed by atoms with E-state index in [0.717, 1.165) is 11.3 Å². The molecule has 1 amide bonds. The van der Waals surface area contributed by atoms with Crippen molar-refractivity contribution in [1.82, 2.24) is 5.32 Å². The second-order valence-electron chi connectivity index (χ2n) is 3.75. The molecule has 0 spiro atoms. The van der Waals surface area contributed by atoms with Gasteiger partial charge in [0.25, 0.3) is 0 Å². The van der Waals surface area contributed by atoms with E-state index in [-0.39, 0.29) is 12.3 Å². The van der Waals surface area contributed by atoms with Crippen molar-refractivity contribution in [3.05, 3.63) is 42.5 Å². The second-order valence-corrected chi connectivity index (χ2v) is 3.75. The number of nitriles is 1. The van der Waals surface area contributed by atoms with Crippen LogP contribution < -0.4 is 10.1 Å². The molecule has 0 heterocycles. The second kappa shape index (κ2) is 7.13. The first-order valence-electron chi connectivity index (χ1n) is 5.62. The molecule has 1 aromatic rings. The number of ether oxygens (including phenoxy) is 1. The van der Waals surface area contributed by atoms with Gasteiger partial charge in [0.2, 0.25) is 5.91 Å². The highest BCUT2D eigenvalue weighted by atomic mass is 16.5. The van der Waals surface area contributed by atoms with Crippen LogP contribution in [0.25, 0.3) is 0 Å². The third-order valence-corrected chi connectivity index (χ3v) is 2.51. The van der Waals surface area contributed by atoms with E-state index in [1.54, 1.807) is 37.5 Å². The Balaban J connectivity index is 2.68. The summed E-state index contributed by atoms with van der Waals surface area (Å²) in [7, 11) is 1.58. The van der Waals surface area contributed by atoms with Crippen molar-refractivity contribution in [2.75, 3.05) is 13.7 Å². The molecule has 0 saturated heterocycles. The number of hydrogen-bond donors (Lipinski definition) is 1. The predicted octanol–water partition coefficient (Wildman–Crippen LogP) is 1.99. The van der Waals surface area contributed by atoms with Crippen LogP contribution in [-0.4, -0.2) is 19.6 Å². The Morgan fingerprint density at radius 1 is 1.56 bits per heavy atom. The quantitative estimate of drug-likeness (QED) is 0.778. The lowest BCUT2D eigenvalue weighted by Gasteiger charge is -2.10. The molecular weight excluding hydrogens is 228 g/mol. The number of benzene rings is 1. The molecule has 0 bridgehead atoms. The molecule has 1 aromatic carbocycles. The number of nitrogens with zero attached hydrogens (tertiary/aromatic N) is 1. The molecule has 1 unspecified atom stereocenters. The van der Waals surface area contributed by atoms with Crippen LogP contribution in [0.1, 0.15) is 17.9 Å². The first kappa shape index (κ1) is 13.8. The van der Waals surface area contributed by atoms with Gasteiger partial charge in [-0.25, -0.2) is 0 Å². The third kappa shape index (κ3) is 3.95. The fourth-order valence-electron chi connectivity index (χ4n) is 1.52. The van der Waals surface area contributed by atoms with Gasteiger partial charge in [-0.15, -0.1) is 6.58 Å². The highest BCUT2D eigenvalue weighted by Gasteiger charge is 2.15. The minimum atomic E-state index is -0.444. The summed E-state index contributed by atoms with van der Waals surface area (Å²) < 4.78 is 5.04.